The van der Waals surface area contributed by atoms with Crippen molar-refractivity contribution in [2.45, 2.75) is 42.2 Å². The first-order valence-electron chi connectivity index (χ1n) is 9.31. The van der Waals surface area contributed by atoms with Gasteiger partial charge in [-0.25, -0.2) is 4.79 Å². The lowest BCUT2D eigenvalue weighted by Crippen LogP contribution is -2.64. The van der Waals surface area contributed by atoms with Crippen LogP contribution in [0, 0.1) is 0 Å². The van der Waals surface area contributed by atoms with Gasteiger partial charge in [0.15, 0.2) is 0 Å². The Labute approximate surface area is 195 Å². The molecule has 1 fully saturated rings. The molecule has 0 aromatic heterocycles. The summed E-state index contributed by atoms with van der Waals surface area (Å²) >= 11 is 0. The number of nitrogens with zero attached hydrogens (tertiary/aromatic N) is 1. The molecule has 36 heavy (non-hydrogen) atoms. The van der Waals surface area contributed by atoms with Gasteiger partial charge < -0.3 is 19.1 Å². The van der Waals surface area contributed by atoms with Gasteiger partial charge in [-0.1, -0.05) is 6.58 Å². The molecule has 0 aliphatic carbocycles. The van der Waals surface area contributed by atoms with E-state index in [1.165, 1.54) is 0 Å². The third-order valence-corrected chi connectivity index (χ3v) is 5.41. The Morgan fingerprint density at radius 3 is 1.89 bits per heavy atom. The molecule has 1 aliphatic heterocycles. The van der Waals surface area contributed by atoms with E-state index < -0.39 is 89.4 Å². The van der Waals surface area contributed by atoms with Crippen molar-refractivity contribution in [1.82, 2.24) is 4.90 Å². The molecule has 1 heterocycles. The van der Waals surface area contributed by atoms with E-state index in [1.807, 2.05) is 0 Å². The summed E-state index contributed by atoms with van der Waals surface area (Å²) in [6, 6.07) is 0. The highest BCUT2D eigenvalue weighted by Crippen LogP contribution is 2.42. The molecule has 20 heteroatoms. The Morgan fingerprint density at radius 1 is 0.972 bits per heavy atom. The second-order valence-electron chi connectivity index (χ2n) is 7.03. The van der Waals surface area contributed by atoms with E-state index in [0.29, 0.717) is 4.90 Å². The molecule has 1 unspecified atom stereocenters. The topological polar surface area (TPSA) is 119 Å². The molecule has 1 saturated heterocycles. The van der Waals surface area contributed by atoms with Crippen LogP contribution >= 0.6 is 0 Å². The van der Waals surface area contributed by atoms with Crippen molar-refractivity contribution >= 4 is 22.0 Å². The Balaban J connectivity index is 3.29. The number of hydrogen-bond donors (Lipinski definition) is 1. The molecule has 0 aromatic carbocycles. The van der Waals surface area contributed by atoms with Gasteiger partial charge in [-0.15, -0.1) is 0 Å². The number of hydrogen-bond acceptors (Lipinski definition) is 7. The number of alkyl halides is 10. The van der Waals surface area contributed by atoms with Crippen LogP contribution in [-0.2, 0) is 33.9 Å². The van der Waals surface area contributed by atoms with Crippen LogP contribution in [0.25, 0.3) is 0 Å². The maximum Gasteiger partial charge on any atom is 0.466 e. The van der Waals surface area contributed by atoms with E-state index in [1.54, 1.807) is 0 Å². The molecule has 1 aliphatic rings. The lowest BCUT2D eigenvalue weighted by molar-refractivity contribution is -0.352. The number of esters is 1. The van der Waals surface area contributed by atoms with Crippen molar-refractivity contribution in [3.05, 3.63) is 12.2 Å². The number of halogens is 10. The highest BCUT2D eigenvalue weighted by molar-refractivity contribution is 7.87. The van der Waals surface area contributed by atoms with Crippen molar-refractivity contribution in [3.8, 4) is 0 Å². The molecule has 1 amide bonds. The van der Waals surface area contributed by atoms with E-state index in [2.05, 4.69) is 16.1 Å². The van der Waals surface area contributed by atoms with Gasteiger partial charge in [-0.3, -0.25) is 9.35 Å². The second-order valence-corrected chi connectivity index (χ2v) is 8.50. The predicted octanol–water partition coefficient (Wildman–Crippen LogP) is 2.68. The molecule has 0 spiro atoms. The third-order valence-electron chi connectivity index (χ3n) is 4.47. The molecule has 1 N–H and O–H groups in total. The average molecular weight is 573 g/mol. The minimum Gasteiger partial charge on any atom is -0.412 e. The lowest BCUT2D eigenvalue weighted by Gasteiger charge is -2.38. The first kappa shape index (κ1) is 31.8. The van der Waals surface area contributed by atoms with Crippen molar-refractivity contribution in [2.75, 3.05) is 32.9 Å². The average Bonchev–Trinajstić information content (AvgIpc) is 2.72. The van der Waals surface area contributed by atoms with E-state index in [0.717, 1.165) is 0 Å². The van der Waals surface area contributed by atoms with E-state index >= 15 is 0 Å². The van der Waals surface area contributed by atoms with Gasteiger partial charge in [0.2, 0.25) is 0 Å². The minimum atomic E-state index is -6.68. The Hall–Kier alpha value is -2.19. The van der Waals surface area contributed by atoms with Crippen molar-refractivity contribution in [2.24, 2.45) is 0 Å². The molecular formula is C16H17F10NO8S. The normalized spacial score (nSPS) is 17.9. The molecule has 9 nitrogen and oxygen atoms in total. The van der Waals surface area contributed by atoms with Crippen LogP contribution in [0.15, 0.2) is 12.2 Å². The van der Waals surface area contributed by atoms with Gasteiger partial charge in [0.05, 0.1) is 19.8 Å². The molecule has 1 rings (SSSR count). The Morgan fingerprint density at radius 2 is 1.47 bits per heavy atom. The van der Waals surface area contributed by atoms with Crippen LogP contribution in [0.3, 0.4) is 0 Å². The van der Waals surface area contributed by atoms with E-state index in [4.69, 9.17) is 9.29 Å². The summed E-state index contributed by atoms with van der Waals surface area (Å²) in [5, 5.41) is -6.08. The van der Waals surface area contributed by atoms with Gasteiger partial charge >= 0.3 is 51.3 Å². The smallest absolute Gasteiger partial charge is 0.412 e. The maximum atomic E-state index is 13.9. The van der Waals surface area contributed by atoms with Gasteiger partial charge in [0, 0.05) is 19.5 Å². The summed E-state index contributed by atoms with van der Waals surface area (Å²) in [6.45, 7) is -1.50. The maximum absolute atomic E-state index is 13.9. The Kier molecular flexibility index (Phi) is 9.43. The quantitative estimate of drug-likeness (QED) is 0.106. The second kappa shape index (κ2) is 10.7. The van der Waals surface area contributed by atoms with Crippen LogP contribution in [0.2, 0.25) is 0 Å². The molecule has 1 atom stereocenters. The zero-order valence-electron chi connectivity index (χ0n) is 17.6. The fraction of sp³-hybridized carbons (Fsp3) is 0.750. The molecule has 0 bridgehead atoms. The van der Waals surface area contributed by atoms with Crippen LogP contribution < -0.4 is 0 Å². The van der Waals surface area contributed by atoms with Crippen LogP contribution in [0.4, 0.5) is 43.9 Å². The first-order chi connectivity index (χ1) is 16.0. The Bertz CT molecular complexity index is 944. The van der Waals surface area contributed by atoms with E-state index in [-0.39, 0.29) is 13.2 Å². The number of rotatable bonds is 10. The van der Waals surface area contributed by atoms with Crippen molar-refractivity contribution < 1.29 is 80.7 Å². The van der Waals surface area contributed by atoms with E-state index in [9.17, 15) is 61.9 Å². The molecule has 0 saturated carbocycles. The van der Waals surface area contributed by atoms with Crippen LogP contribution in [0.5, 0.6) is 0 Å². The van der Waals surface area contributed by atoms with Crippen molar-refractivity contribution in [3.63, 3.8) is 0 Å². The highest BCUT2D eigenvalue weighted by Gasteiger charge is 2.68. The molecule has 210 valence electrons. The van der Waals surface area contributed by atoms with Gasteiger partial charge in [0.25, 0.3) is 0 Å². The largest absolute Gasteiger partial charge is 0.466 e. The van der Waals surface area contributed by atoms with Crippen LogP contribution in [0.1, 0.15) is 12.8 Å². The minimum absolute atomic E-state index is 0.307. The number of carbonyl (C=O) groups excluding carboxylic acids is 2. The number of ether oxygens (including phenoxy) is 3. The van der Waals surface area contributed by atoms with Crippen LogP contribution in [-0.4, -0.2) is 92.0 Å². The number of carbonyl (C=O) groups is 2. The summed E-state index contributed by atoms with van der Waals surface area (Å²) < 4.78 is 175. The summed E-state index contributed by atoms with van der Waals surface area (Å²) in [6.07, 6.45) is -15.6. The molecular weight excluding hydrogens is 556 g/mol. The van der Waals surface area contributed by atoms with Gasteiger partial charge in [-0.2, -0.15) is 52.3 Å². The predicted molar refractivity (Wildman–Crippen MR) is 94.1 cm³/mol. The summed E-state index contributed by atoms with van der Waals surface area (Å²) in [5.41, 5.74) is -2.51. The fourth-order valence-electron chi connectivity index (χ4n) is 2.52. The molecule has 0 radical (unpaired) electrons. The lowest BCUT2D eigenvalue weighted by atomic mass is 10.1. The first-order valence-corrected chi connectivity index (χ1v) is 10.7. The van der Waals surface area contributed by atoms with Gasteiger partial charge in [0.1, 0.15) is 5.57 Å². The number of morpholine rings is 1. The monoisotopic (exact) mass is 573 g/mol. The third kappa shape index (κ3) is 6.76. The number of amides is 1. The fourth-order valence-corrected chi connectivity index (χ4v) is 3.00. The standard InChI is InChI=1S/C16H17F10NO8S/c1-9(14(19,20)21)10(28)35-13(15(22,23)24,11(29)27-4-7-33-8-5-27)34-6-2-3-12(17,18)16(25,26)36(30,31)32/h1-8H2,(H,30,31,32). The highest BCUT2D eigenvalue weighted by atomic mass is 32.2. The van der Waals surface area contributed by atoms with Crippen molar-refractivity contribution in [1.29, 1.82) is 0 Å². The zero-order valence-corrected chi connectivity index (χ0v) is 18.4. The van der Waals surface area contributed by atoms with Gasteiger partial charge in [-0.05, 0) is 6.42 Å². The summed E-state index contributed by atoms with van der Waals surface area (Å²) in [5.74, 6) is -15.6. The zero-order chi connectivity index (χ0) is 28.4. The summed E-state index contributed by atoms with van der Waals surface area (Å²) in [7, 11) is -6.68. The molecule has 0 aromatic rings. The summed E-state index contributed by atoms with van der Waals surface area (Å²) in [4.78, 5) is 24.7. The SMILES string of the molecule is C=C(C(=O)OC(OCCCC(F)(F)C(F)(F)S(=O)(=O)O)(C(=O)N1CCOCC1)C(F)(F)F)C(F)(F)F.